The molecule has 138 valence electrons. The number of piperazine rings is 1. The van der Waals surface area contributed by atoms with Crippen molar-refractivity contribution in [3.63, 3.8) is 0 Å². The van der Waals surface area contributed by atoms with E-state index in [1.807, 2.05) is 22.8 Å². The maximum Gasteiger partial charge on any atom is 0.239 e. The van der Waals surface area contributed by atoms with Gasteiger partial charge in [-0.3, -0.25) is 14.5 Å². The first kappa shape index (κ1) is 19.2. The third-order valence-electron chi connectivity index (χ3n) is 4.30. The molecule has 2 amide bonds. The van der Waals surface area contributed by atoms with Crippen molar-refractivity contribution in [2.75, 3.05) is 57.8 Å². The van der Waals surface area contributed by atoms with E-state index in [-0.39, 0.29) is 30.7 Å². The molecule has 0 saturated carbocycles. The molecule has 25 heavy (non-hydrogen) atoms. The molecule has 1 saturated heterocycles. The molecule has 6 nitrogen and oxygen atoms in total. The first-order valence-electron chi connectivity index (χ1n) is 8.73. The molecule has 0 aromatic heterocycles. The Hall–Kier alpha value is -2.15. The Kier molecular flexibility index (Phi) is 7.18. The SMILES string of the molecule is CCCNC(=O)CN(C)C(=O)CN1CCN(c2ccccc2F)CC1. The molecule has 1 aliphatic rings. The second-order valence-corrected chi connectivity index (χ2v) is 6.31. The van der Waals surface area contributed by atoms with Gasteiger partial charge >= 0.3 is 0 Å². The summed E-state index contributed by atoms with van der Waals surface area (Å²) >= 11 is 0. The van der Waals surface area contributed by atoms with Crippen LogP contribution < -0.4 is 10.2 Å². The highest BCUT2D eigenvalue weighted by Crippen LogP contribution is 2.20. The number of carbonyl (C=O) groups is 2. The van der Waals surface area contributed by atoms with E-state index < -0.39 is 0 Å². The lowest BCUT2D eigenvalue weighted by molar-refractivity contribution is -0.135. The van der Waals surface area contributed by atoms with Crippen LogP contribution in [0.2, 0.25) is 0 Å². The molecule has 1 N–H and O–H groups in total. The quantitative estimate of drug-likeness (QED) is 0.795. The van der Waals surface area contributed by atoms with Gasteiger partial charge in [0.25, 0.3) is 0 Å². The standard InChI is InChI=1S/C18H27FN4O2/c1-3-8-20-17(24)13-21(2)18(25)14-22-9-11-23(12-10-22)16-7-5-4-6-15(16)19/h4-7H,3,8-14H2,1-2H3,(H,20,24). The molecule has 0 radical (unpaired) electrons. The largest absolute Gasteiger partial charge is 0.367 e. The smallest absolute Gasteiger partial charge is 0.239 e. The number of carbonyl (C=O) groups excluding carboxylic acids is 2. The highest BCUT2D eigenvalue weighted by molar-refractivity contribution is 5.85. The van der Waals surface area contributed by atoms with Gasteiger partial charge in [0.2, 0.25) is 11.8 Å². The number of hydrogen-bond acceptors (Lipinski definition) is 4. The average Bonchev–Trinajstić information content (AvgIpc) is 2.61. The maximum atomic E-state index is 13.8. The van der Waals surface area contributed by atoms with Gasteiger partial charge in [-0.2, -0.15) is 0 Å². The first-order valence-corrected chi connectivity index (χ1v) is 8.73. The minimum Gasteiger partial charge on any atom is -0.367 e. The second-order valence-electron chi connectivity index (χ2n) is 6.31. The summed E-state index contributed by atoms with van der Waals surface area (Å²) in [4.78, 5) is 29.4. The second kappa shape index (κ2) is 9.36. The molecule has 7 heteroatoms. The normalized spacial score (nSPS) is 15.1. The zero-order valence-electron chi connectivity index (χ0n) is 15.0. The van der Waals surface area contributed by atoms with Crippen LogP contribution in [0.5, 0.6) is 0 Å². The van der Waals surface area contributed by atoms with Crippen LogP contribution >= 0.6 is 0 Å². The van der Waals surface area contributed by atoms with Crippen LogP contribution in [0.25, 0.3) is 0 Å². The zero-order chi connectivity index (χ0) is 18.2. The van der Waals surface area contributed by atoms with Gasteiger partial charge in [0, 0.05) is 39.8 Å². The monoisotopic (exact) mass is 350 g/mol. The van der Waals surface area contributed by atoms with Crippen molar-refractivity contribution in [1.82, 2.24) is 15.1 Å². The maximum absolute atomic E-state index is 13.8. The fourth-order valence-electron chi connectivity index (χ4n) is 2.79. The first-order chi connectivity index (χ1) is 12.0. The summed E-state index contributed by atoms with van der Waals surface area (Å²) in [6.07, 6.45) is 0.871. The van der Waals surface area contributed by atoms with Crippen molar-refractivity contribution in [2.24, 2.45) is 0 Å². The van der Waals surface area contributed by atoms with Crippen LogP contribution in [0.1, 0.15) is 13.3 Å². The Labute approximate surface area is 148 Å². The molecule has 0 unspecified atom stereocenters. The van der Waals surface area contributed by atoms with Crippen molar-refractivity contribution < 1.29 is 14.0 Å². The molecule has 1 heterocycles. The molecule has 0 spiro atoms. The van der Waals surface area contributed by atoms with E-state index in [1.165, 1.54) is 11.0 Å². The summed E-state index contributed by atoms with van der Waals surface area (Å²) in [7, 11) is 1.64. The molecule has 0 aliphatic carbocycles. The van der Waals surface area contributed by atoms with E-state index in [2.05, 4.69) is 5.32 Å². The Morgan fingerprint density at radius 2 is 1.88 bits per heavy atom. The number of halogens is 1. The number of para-hydroxylation sites is 1. The van der Waals surface area contributed by atoms with Crippen molar-refractivity contribution in [1.29, 1.82) is 0 Å². The van der Waals surface area contributed by atoms with Crippen LogP contribution in [-0.2, 0) is 9.59 Å². The van der Waals surface area contributed by atoms with Crippen molar-refractivity contribution in [2.45, 2.75) is 13.3 Å². The zero-order valence-corrected chi connectivity index (χ0v) is 15.0. The van der Waals surface area contributed by atoms with E-state index >= 15 is 0 Å². The third kappa shape index (κ3) is 5.70. The molecular weight excluding hydrogens is 323 g/mol. The lowest BCUT2D eigenvalue weighted by Crippen LogP contribution is -2.50. The van der Waals surface area contributed by atoms with Gasteiger partial charge in [0.05, 0.1) is 18.8 Å². The van der Waals surface area contributed by atoms with Crippen molar-refractivity contribution >= 4 is 17.5 Å². The van der Waals surface area contributed by atoms with E-state index in [9.17, 15) is 14.0 Å². The van der Waals surface area contributed by atoms with Gasteiger partial charge in [0.1, 0.15) is 5.82 Å². The van der Waals surface area contributed by atoms with Gasteiger partial charge in [0.15, 0.2) is 0 Å². The van der Waals surface area contributed by atoms with E-state index in [4.69, 9.17) is 0 Å². The van der Waals surface area contributed by atoms with Gasteiger partial charge in [-0.05, 0) is 18.6 Å². The number of amides is 2. The number of anilines is 1. The number of likely N-dealkylation sites (N-methyl/N-ethyl adjacent to an activating group) is 1. The molecule has 0 bridgehead atoms. The van der Waals surface area contributed by atoms with Gasteiger partial charge in [-0.1, -0.05) is 19.1 Å². The minimum atomic E-state index is -0.218. The van der Waals surface area contributed by atoms with Crippen molar-refractivity contribution in [3.05, 3.63) is 30.1 Å². The minimum absolute atomic E-state index is 0.0774. The molecule has 1 fully saturated rings. The average molecular weight is 350 g/mol. The number of hydrogen-bond donors (Lipinski definition) is 1. The predicted molar refractivity (Wildman–Crippen MR) is 96.0 cm³/mol. The molecule has 1 aromatic rings. The lowest BCUT2D eigenvalue weighted by atomic mass is 10.2. The van der Waals surface area contributed by atoms with Crippen LogP contribution in [0.15, 0.2) is 24.3 Å². The van der Waals surface area contributed by atoms with E-state index in [1.54, 1.807) is 19.2 Å². The van der Waals surface area contributed by atoms with Gasteiger partial charge < -0.3 is 15.1 Å². The third-order valence-corrected chi connectivity index (χ3v) is 4.30. The Bertz CT molecular complexity index is 588. The fraction of sp³-hybridized carbons (Fsp3) is 0.556. The number of benzene rings is 1. The summed E-state index contributed by atoms with van der Waals surface area (Å²) in [6, 6.07) is 6.75. The van der Waals surface area contributed by atoms with Crippen LogP contribution in [0, 0.1) is 5.82 Å². The van der Waals surface area contributed by atoms with Crippen LogP contribution in [-0.4, -0.2) is 74.5 Å². The highest BCUT2D eigenvalue weighted by atomic mass is 19.1. The van der Waals surface area contributed by atoms with E-state index in [0.29, 0.717) is 38.4 Å². The van der Waals surface area contributed by atoms with E-state index in [0.717, 1.165) is 6.42 Å². The number of nitrogens with one attached hydrogen (secondary N) is 1. The van der Waals surface area contributed by atoms with Gasteiger partial charge in [-0.25, -0.2) is 4.39 Å². The molecule has 1 aromatic carbocycles. The molecular formula is C18H27FN4O2. The summed E-state index contributed by atoms with van der Waals surface area (Å²) in [5, 5.41) is 2.76. The fourth-order valence-corrected chi connectivity index (χ4v) is 2.79. The highest BCUT2D eigenvalue weighted by Gasteiger charge is 2.22. The summed E-state index contributed by atoms with van der Waals surface area (Å²) in [5.41, 5.74) is 0.609. The Balaban J connectivity index is 1.76. The van der Waals surface area contributed by atoms with Crippen LogP contribution in [0.4, 0.5) is 10.1 Å². The van der Waals surface area contributed by atoms with Crippen LogP contribution in [0.3, 0.4) is 0 Å². The Morgan fingerprint density at radius 3 is 2.52 bits per heavy atom. The molecule has 2 rings (SSSR count). The summed E-state index contributed by atoms with van der Waals surface area (Å²) < 4.78 is 13.8. The van der Waals surface area contributed by atoms with Crippen molar-refractivity contribution in [3.8, 4) is 0 Å². The Morgan fingerprint density at radius 1 is 1.20 bits per heavy atom. The number of nitrogens with zero attached hydrogens (tertiary/aromatic N) is 3. The number of rotatable bonds is 7. The summed E-state index contributed by atoms with van der Waals surface area (Å²) in [6.45, 7) is 5.70. The van der Waals surface area contributed by atoms with Gasteiger partial charge in [-0.15, -0.1) is 0 Å². The molecule has 1 aliphatic heterocycles. The lowest BCUT2D eigenvalue weighted by Gasteiger charge is -2.36. The summed E-state index contributed by atoms with van der Waals surface area (Å²) in [5.74, 6) is -0.432. The topological polar surface area (TPSA) is 55.9 Å². The predicted octanol–water partition coefficient (Wildman–Crippen LogP) is 0.932. The molecule has 0 atom stereocenters.